The fourth-order valence-electron chi connectivity index (χ4n) is 5.14. The van der Waals surface area contributed by atoms with Gasteiger partial charge >= 0.3 is 188 Å². The molecule has 0 unspecified atom stereocenters. The van der Waals surface area contributed by atoms with Gasteiger partial charge in [-0.25, -0.2) is 13.6 Å². The normalized spacial score (nSPS) is 17.4. The highest BCUT2D eigenvalue weighted by Crippen LogP contribution is 2.73. The number of hydrogen-bond donors (Lipinski definition) is 0. The van der Waals surface area contributed by atoms with Gasteiger partial charge in [0.2, 0.25) is 0 Å². The van der Waals surface area contributed by atoms with Crippen molar-refractivity contribution < 1.29 is 290 Å². The molecule has 0 N–H and O–H groups in total. The van der Waals surface area contributed by atoms with Gasteiger partial charge in [0.25, 0.3) is 0 Å². The van der Waals surface area contributed by atoms with Gasteiger partial charge < -0.3 is 0 Å². The Labute approximate surface area is 479 Å². The molecule has 0 aliphatic heterocycles. The summed E-state index contributed by atoms with van der Waals surface area (Å²) in [5.41, 5.74) is 0. The zero-order chi connectivity index (χ0) is 80.7. The summed E-state index contributed by atoms with van der Waals surface area (Å²) in [7, 11) is -9.75. The topological polar surface area (TPSA) is 27.7 Å². The van der Waals surface area contributed by atoms with Gasteiger partial charge in [-0.1, -0.05) is 0 Å². The Morgan fingerprint density at radius 2 is 0.175 bits per heavy atom. The summed E-state index contributed by atoms with van der Waals surface area (Å²) in [6.45, 7) is 0. The lowest BCUT2D eigenvalue weighted by atomic mass is 9.87. The monoisotopic (exact) mass is 1640 g/mol. The van der Waals surface area contributed by atoms with Gasteiger partial charge in [-0.2, -0.15) is 277 Å². The second-order valence-electron chi connectivity index (χ2n) is 17.3. The van der Waals surface area contributed by atoms with Crippen molar-refractivity contribution in [2.45, 2.75) is 179 Å². The molecule has 67 heteroatoms. The quantitative estimate of drug-likeness (QED) is 0.0530. The molecule has 0 aromatic heterocycles. The van der Waals surface area contributed by atoms with Gasteiger partial charge in [-0.05, 0) is 0 Å². The Morgan fingerprint density at radius 3 is 0.258 bits per heavy atom. The van der Waals surface area contributed by atoms with Crippen LogP contribution in [0.1, 0.15) is 0 Å². The van der Waals surface area contributed by atoms with E-state index in [4.69, 9.17) is 0 Å². The second-order valence-corrected chi connectivity index (χ2v) is 18.3. The first-order valence-electron chi connectivity index (χ1n) is 19.8. The summed E-state index contributed by atoms with van der Waals surface area (Å²) in [5.74, 6) is -249. The molecular weight excluding hydrogens is 1640 g/mol. The Kier molecular flexibility index (Phi) is 22.0. The third kappa shape index (κ3) is 11.5. The zero-order valence-electron chi connectivity index (χ0n) is 40.5. The largest absolute Gasteiger partial charge is 0.460 e. The van der Waals surface area contributed by atoms with Gasteiger partial charge in [0.15, 0.2) is 0 Å². The molecule has 3 nitrogen and oxygen atoms in total. The molecule has 0 heterocycles. The summed E-state index contributed by atoms with van der Waals surface area (Å²) in [4.78, 5) is 0. The summed E-state index contributed by atoms with van der Waals surface area (Å²) >= 11 is 0. The molecule has 97 heavy (non-hydrogen) atoms. The van der Waals surface area contributed by atoms with Crippen molar-refractivity contribution in [1.29, 1.82) is 0 Å². The third-order valence-electron chi connectivity index (χ3n) is 11.0. The first kappa shape index (κ1) is 92.9. The van der Waals surface area contributed by atoms with Crippen LogP contribution < -0.4 is 0 Å². The van der Waals surface area contributed by atoms with E-state index in [1.54, 1.807) is 0 Å². The fraction of sp³-hybridized carbons (Fsp3) is 1.00. The van der Waals surface area contributed by atoms with Crippen molar-refractivity contribution in [3.63, 3.8) is 0 Å². The zero-order valence-corrected chi connectivity index (χ0v) is 41.4. The number of hydrogen-bond acceptors (Lipinski definition) is 3. The van der Waals surface area contributed by atoms with E-state index in [-0.39, 0.29) is 0 Å². The average Bonchev–Trinajstić information content (AvgIpc) is 0.697. The molecule has 0 aliphatic carbocycles. The molecule has 0 saturated carbocycles. The molecule has 0 radical (unpaired) electrons. The Morgan fingerprint density at radius 1 is 0.103 bits per heavy atom. The van der Waals surface area contributed by atoms with Gasteiger partial charge in [0.05, 0.1) is 0 Å². The smallest absolute Gasteiger partial charge is 0.241 e. The lowest BCUT2D eigenvalue weighted by molar-refractivity contribution is -0.486. The van der Waals surface area contributed by atoms with E-state index in [0.29, 0.717) is 13.6 Å². The fourth-order valence-corrected chi connectivity index (χ4v) is 6.16. The SMILES string of the molecule is FC(F)(F)C(F)(F)C(F)(F)C(F)(F)C(F)(F)C(F)(F)C(F)(F)C(F)(F)C(F)(F)C(F)(F)OP(OC(F)(F)C(F)(F)C(F)(F)C(F)(F)C(F)(F)C(F)(F)C(F)(F)C(F)(F)C(F)(F)C(F)(F)F)OC(F)(F)C(F)(F)C(F)(F)C(F)(F)C(F)(F)C(F)(F)C(F)(F)C(F)(F)C(F)(F)C(F)(F)F. The Bertz CT molecular complexity index is 2480. The third-order valence-corrected chi connectivity index (χ3v) is 12.1. The number of rotatable bonds is 30. The minimum Gasteiger partial charge on any atom is -0.241 e. The molecule has 0 rings (SSSR count). The first-order chi connectivity index (χ1) is 40.5. The van der Waals surface area contributed by atoms with Crippen LogP contribution in [0.3, 0.4) is 0 Å². The van der Waals surface area contributed by atoms with Crippen molar-refractivity contribution >= 4 is 8.60 Å². The van der Waals surface area contributed by atoms with E-state index < -0.39 is 188 Å². The van der Waals surface area contributed by atoms with E-state index in [0.717, 1.165) is 0 Å². The van der Waals surface area contributed by atoms with Crippen LogP contribution in [-0.4, -0.2) is 179 Å². The Balaban J connectivity index is 9.30. The highest BCUT2D eigenvalue weighted by atomic mass is 31.2. The predicted octanol–water partition coefficient (Wildman–Crippen LogP) is 21.0. The lowest BCUT2D eigenvalue weighted by Gasteiger charge is -2.45. The van der Waals surface area contributed by atoms with E-state index in [2.05, 4.69) is 0 Å². The molecule has 0 fully saturated rings. The number of alkyl halides is 63. The summed E-state index contributed by atoms with van der Waals surface area (Å²) in [6, 6.07) is 0. The maximum absolute atomic E-state index is 14.6. The van der Waals surface area contributed by atoms with Crippen LogP contribution in [0.25, 0.3) is 0 Å². The minimum absolute atomic E-state index is 0.651. The molecule has 0 amide bonds. The van der Waals surface area contributed by atoms with Crippen molar-refractivity contribution in [2.24, 2.45) is 0 Å². The maximum Gasteiger partial charge on any atom is 0.460 e. The summed E-state index contributed by atoms with van der Waals surface area (Å²) in [5, 5.41) is 0. The van der Waals surface area contributed by atoms with Crippen LogP contribution in [0, 0.1) is 0 Å². The van der Waals surface area contributed by atoms with Crippen LogP contribution >= 0.6 is 8.60 Å². The van der Waals surface area contributed by atoms with E-state index >= 15 is 0 Å². The molecule has 0 bridgehead atoms. The van der Waals surface area contributed by atoms with Gasteiger partial charge in [0, 0.05) is 0 Å². The standard InChI is InChI=1S/C30F63O3P/c31-1(32,7(43,44)13(55,56)19(67,68)25(79,80)81)4(37,38)10(49,50)16(61,62)22(73,74)28(88,89)94-97(95-29(90,91)23(75,76)17(63,64)11(51,52)5(39,40)2(33,34)8(45,46)14(57,58)20(69,70)26(82,83)84)96-30(92,93)24(77,78)18(65,66)12(53,54)6(41,42)3(35,36)9(47,48)15(59,60)21(71,72)27(85,86)87. The van der Waals surface area contributed by atoms with Crippen LogP contribution in [0.4, 0.5) is 277 Å². The van der Waals surface area contributed by atoms with E-state index in [1.807, 2.05) is 0 Å². The predicted molar refractivity (Wildman–Crippen MR) is 162 cm³/mol. The summed E-state index contributed by atoms with van der Waals surface area (Å²) < 4.78 is 869. The van der Waals surface area contributed by atoms with Gasteiger partial charge in [-0.3, -0.25) is 0 Å². The molecule has 0 spiro atoms. The lowest BCUT2D eigenvalue weighted by Crippen LogP contribution is -2.77. The number of halogens is 63. The molecule has 0 aliphatic rings. The van der Waals surface area contributed by atoms with E-state index in [9.17, 15) is 277 Å². The molecule has 0 saturated heterocycles. The van der Waals surface area contributed by atoms with Crippen LogP contribution in [-0.2, 0) is 13.6 Å². The van der Waals surface area contributed by atoms with Gasteiger partial charge in [-0.15, -0.1) is 0 Å². The minimum atomic E-state index is -10.8. The average molecular weight is 1640 g/mol. The van der Waals surface area contributed by atoms with Crippen molar-refractivity contribution in [3.8, 4) is 0 Å². The van der Waals surface area contributed by atoms with Crippen LogP contribution in [0.15, 0.2) is 0 Å². The second kappa shape index (κ2) is 22.9. The van der Waals surface area contributed by atoms with Crippen LogP contribution in [0.2, 0.25) is 0 Å². The van der Waals surface area contributed by atoms with Crippen molar-refractivity contribution in [1.82, 2.24) is 0 Å². The molecule has 584 valence electrons. The highest BCUT2D eigenvalue weighted by Gasteiger charge is 3.03. The first-order valence-corrected chi connectivity index (χ1v) is 20.9. The molecule has 0 aromatic rings. The van der Waals surface area contributed by atoms with Crippen molar-refractivity contribution in [3.05, 3.63) is 0 Å². The van der Waals surface area contributed by atoms with Gasteiger partial charge in [0.1, 0.15) is 0 Å². The Hall–Kier alpha value is -4.10. The molecule has 0 aromatic carbocycles. The molecular formula is C30F63O3P. The highest BCUT2D eigenvalue weighted by molar-refractivity contribution is 7.41. The maximum atomic E-state index is 14.6. The van der Waals surface area contributed by atoms with Crippen molar-refractivity contribution in [2.75, 3.05) is 0 Å². The molecule has 0 atom stereocenters. The summed E-state index contributed by atoms with van der Waals surface area (Å²) in [6.07, 6.45) is -57.5. The van der Waals surface area contributed by atoms with Crippen LogP contribution in [0.5, 0.6) is 0 Å². The van der Waals surface area contributed by atoms with E-state index in [1.165, 1.54) is 0 Å².